The van der Waals surface area contributed by atoms with Crippen LogP contribution < -0.4 is 10.1 Å². The molecule has 2 aromatic rings. The van der Waals surface area contributed by atoms with E-state index in [-0.39, 0.29) is 5.91 Å². The highest BCUT2D eigenvalue weighted by atomic mass is 32.1. The molecule has 0 atom stereocenters. The SMILES string of the molecule is CCCCc1nc(C)c(C(=O)Nc2ccc(C)cc2OCCOC)s1. The van der Waals surface area contributed by atoms with Crippen LogP contribution >= 0.6 is 11.3 Å². The van der Waals surface area contributed by atoms with Crippen LogP contribution in [0, 0.1) is 13.8 Å². The maximum absolute atomic E-state index is 12.7. The molecule has 0 aliphatic heterocycles. The number of benzene rings is 1. The number of nitrogens with one attached hydrogen (secondary N) is 1. The van der Waals surface area contributed by atoms with Crippen molar-refractivity contribution < 1.29 is 14.3 Å². The normalized spacial score (nSPS) is 10.7. The van der Waals surface area contributed by atoms with Crippen LogP contribution in [-0.2, 0) is 11.2 Å². The number of hydrogen-bond acceptors (Lipinski definition) is 5. The lowest BCUT2D eigenvalue weighted by atomic mass is 10.2. The van der Waals surface area contributed by atoms with Crippen molar-refractivity contribution in [2.24, 2.45) is 0 Å². The van der Waals surface area contributed by atoms with Crippen LogP contribution in [0.25, 0.3) is 0 Å². The van der Waals surface area contributed by atoms with Gasteiger partial charge in [-0.15, -0.1) is 11.3 Å². The molecule has 0 aliphatic rings. The van der Waals surface area contributed by atoms with Gasteiger partial charge in [-0.2, -0.15) is 0 Å². The van der Waals surface area contributed by atoms with Crippen molar-refractivity contribution in [3.05, 3.63) is 39.3 Å². The summed E-state index contributed by atoms with van der Waals surface area (Å²) >= 11 is 1.47. The fraction of sp³-hybridized carbons (Fsp3) is 0.474. The Bertz CT molecular complexity index is 713. The van der Waals surface area contributed by atoms with Gasteiger partial charge in [0.2, 0.25) is 0 Å². The topological polar surface area (TPSA) is 60.5 Å². The summed E-state index contributed by atoms with van der Waals surface area (Å²) in [5.74, 6) is 0.511. The van der Waals surface area contributed by atoms with Gasteiger partial charge < -0.3 is 14.8 Å². The quantitative estimate of drug-likeness (QED) is 0.673. The Hall–Kier alpha value is -1.92. The van der Waals surface area contributed by atoms with E-state index in [0.717, 1.165) is 35.5 Å². The maximum Gasteiger partial charge on any atom is 0.267 e. The third kappa shape index (κ3) is 5.54. The zero-order valence-electron chi connectivity index (χ0n) is 15.3. The Morgan fingerprint density at radius 3 is 2.80 bits per heavy atom. The summed E-state index contributed by atoms with van der Waals surface area (Å²) in [6.07, 6.45) is 3.13. The highest BCUT2D eigenvalue weighted by Crippen LogP contribution is 2.28. The molecule has 0 saturated carbocycles. The van der Waals surface area contributed by atoms with Gasteiger partial charge in [0.25, 0.3) is 5.91 Å². The summed E-state index contributed by atoms with van der Waals surface area (Å²) in [5, 5.41) is 3.98. The van der Waals surface area contributed by atoms with Gasteiger partial charge >= 0.3 is 0 Å². The van der Waals surface area contributed by atoms with Crippen molar-refractivity contribution in [2.45, 2.75) is 40.0 Å². The number of aromatic nitrogens is 1. The minimum atomic E-state index is -0.141. The summed E-state index contributed by atoms with van der Waals surface area (Å²) in [4.78, 5) is 17.8. The number of carbonyl (C=O) groups is 1. The molecule has 5 nitrogen and oxygen atoms in total. The minimum absolute atomic E-state index is 0.141. The number of anilines is 1. The molecule has 136 valence electrons. The van der Waals surface area contributed by atoms with Gasteiger partial charge in [0, 0.05) is 7.11 Å². The van der Waals surface area contributed by atoms with Crippen LogP contribution in [0.3, 0.4) is 0 Å². The number of carbonyl (C=O) groups excluding carboxylic acids is 1. The van der Waals surface area contributed by atoms with E-state index in [1.54, 1.807) is 7.11 Å². The van der Waals surface area contributed by atoms with Crippen molar-refractivity contribution in [3.8, 4) is 5.75 Å². The van der Waals surface area contributed by atoms with Gasteiger partial charge in [0.1, 0.15) is 17.2 Å². The molecule has 1 amide bonds. The van der Waals surface area contributed by atoms with Crippen LogP contribution in [0.2, 0.25) is 0 Å². The Balaban J connectivity index is 2.13. The second-order valence-corrected chi connectivity index (χ2v) is 7.00. The molecule has 1 N–H and O–H groups in total. The van der Waals surface area contributed by atoms with Crippen molar-refractivity contribution in [2.75, 3.05) is 25.6 Å². The largest absolute Gasteiger partial charge is 0.489 e. The van der Waals surface area contributed by atoms with Crippen molar-refractivity contribution in [1.29, 1.82) is 0 Å². The van der Waals surface area contributed by atoms with Gasteiger partial charge in [-0.05, 0) is 44.4 Å². The predicted molar refractivity (Wildman–Crippen MR) is 102 cm³/mol. The molecule has 25 heavy (non-hydrogen) atoms. The van der Waals surface area contributed by atoms with Gasteiger partial charge in [0.15, 0.2) is 0 Å². The smallest absolute Gasteiger partial charge is 0.267 e. The summed E-state index contributed by atoms with van der Waals surface area (Å²) in [6.45, 7) is 6.95. The Morgan fingerprint density at radius 1 is 1.28 bits per heavy atom. The van der Waals surface area contributed by atoms with Crippen molar-refractivity contribution in [3.63, 3.8) is 0 Å². The molecule has 1 heterocycles. The first-order valence-corrected chi connectivity index (χ1v) is 9.36. The van der Waals surface area contributed by atoms with E-state index >= 15 is 0 Å². The average molecular weight is 362 g/mol. The highest BCUT2D eigenvalue weighted by Gasteiger charge is 2.17. The third-order valence-corrected chi connectivity index (χ3v) is 4.94. The number of rotatable bonds is 9. The van der Waals surface area contributed by atoms with Gasteiger partial charge in [-0.1, -0.05) is 19.4 Å². The average Bonchev–Trinajstić information content (AvgIpc) is 2.96. The van der Waals surface area contributed by atoms with Crippen LogP contribution in [0.1, 0.15) is 45.7 Å². The number of thiazole rings is 1. The number of ether oxygens (including phenoxy) is 2. The second kappa shape index (κ2) is 9.53. The minimum Gasteiger partial charge on any atom is -0.489 e. The lowest BCUT2D eigenvalue weighted by Crippen LogP contribution is -2.13. The monoisotopic (exact) mass is 362 g/mol. The number of amides is 1. The zero-order valence-corrected chi connectivity index (χ0v) is 16.2. The van der Waals surface area contributed by atoms with Gasteiger partial charge in [-0.3, -0.25) is 4.79 Å². The standard InChI is InChI=1S/C19H26N2O3S/c1-5-6-7-17-20-14(3)18(25-17)19(22)21-15-9-8-13(2)12-16(15)24-11-10-23-4/h8-9,12H,5-7,10-11H2,1-4H3,(H,21,22). The lowest BCUT2D eigenvalue weighted by molar-refractivity contribution is 0.102. The molecule has 2 rings (SSSR count). The van der Waals surface area contributed by atoms with Crippen molar-refractivity contribution >= 4 is 22.9 Å². The molecule has 0 bridgehead atoms. The molecular formula is C19H26N2O3S. The van der Waals surface area contributed by atoms with Gasteiger partial charge in [0.05, 0.1) is 23.0 Å². The molecule has 1 aromatic heterocycles. The first-order chi connectivity index (χ1) is 12.0. The fourth-order valence-corrected chi connectivity index (χ4v) is 3.37. The van der Waals surface area contributed by atoms with E-state index in [4.69, 9.17) is 9.47 Å². The van der Waals surface area contributed by atoms with E-state index in [9.17, 15) is 4.79 Å². The molecule has 6 heteroatoms. The number of aryl methyl sites for hydroxylation is 3. The Morgan fingerprint density at radius 2 is 2.08 bits per heavy atom. The van der Waals surface area contributed by atoms with Gasteiger partial charge in [-0.25, -0.2) is 4.98 Å². The van der Waals surface area contributed by atoms with E-state index in [0.29, 0.717) is 29.5 Å². The van der Waals surface area contributed by atoms with E-state index in [1.807, 2.05) is 32.0 Å². The Labute approximate surface area is 153 Å². The predicted octanol–water partition coefficient (Wildman–Crippen LogP) is 4.38. The number of nitrogens with zero attached hydrogens (tertiary/aromatic N) is 1. The molecule has 1 aromatic carbocycles. The summed E-state index contributed by atoms with van der Waals surface area (Å²) in [7, 11) is 1.63. The van der Waals surface area contributed by atoms with Crippen molar-refractivity contribution in [1.82, 2.24) is 4.98 Å². The summed E-state index contributed by atoms with van der Waals surface area (Å²) in [5.41, 5.74) is 2.51. The summed E-state index contributed by atoms with van der Waals surface area (Å²) < 4.78 is 10.7. The zero-order chi connectivity index (χ0) is 18.2. The molecule has 0 unspecified atom stereocenters. The fourth-order valence-electron chi connectivity index (χ4n) is 2.36. The number of methoxy groups -OCH3 is 1. The maximum atomic E-state index is 12.7. The number of unbranched alkanes of at least 4 members (excludes halogenated alkanes) is 1. The second-order valence-electron chi connectivity index (χ2n) is 5.92. The first kappa shape index (κ1) is 19.4. The lowest BCUT2D eigenvalue weighted by Gasteiger charge is -2.13. The first-order valence-electron chi connectivity index (χ1n) is 8.55. The van der Waals surface area contributed by atoms with Crippen LogP contribution in [0.15, 0.2) is 18.2 Å². The number of hydrogen-bond donors (Lipinski definition) is 1. The molecule has 0 saturated heterocycles. The molecule has 0 aliphatic carbocycles. The molecule has 0 spiro atoms. The van der Waals surface area contributed by atoms with Crippen LogP contribution in [-0.4, -0.2) is 31.2 Å². The van der Waals surface area contributed by atoms with Crippen LogP contribution in [0.5, 0.6) is 5.75 Å². The molecule has 0 fully saturated rings. The molecular weight excluding hydrogens is 336 g/mol. The molecule has 0 radical (unpaired) electrons. The van der Waals surface area contributed by atoms with E-state index in [2.05, 4.69) is 17.2 Å². The summed E-state index contributed by atoms with van der Waals surface area (Å²) in [6, 6.07) is 5.73. The van der Waals surface area contributed by atoms with E-state index in [1.165, 1.54) is 11.3 Å². The Kier molecular flexibility index (Phi) is 7.40. The van der Waals surface area contributed by atoms with E-state index < -0.39 is 0 Å². The highest BCUT2D eigenvalue weighted by molar-refractivity contribution is 7.13. The van der Waals surface area contributed by atoms with Crippen LogP contribution in [0.4, 0.5) is 5.69 Å². The third-order valence-electron chi connectivity index (χ3n) is 3.72.